The molecule has 0 fully saturated rings. The first-order chi connectivity index (χ1) is 13.1. The number of rotatable bonds is 20. The number of esters is 1. The zero-order chi connectivity index (χ0) is 20.2. The van der Waals surface area contributed by atoms with Crippen LogP contribution in [-0.4, -0.2) is 12.6 Å². The van der Waals surface area contributed by atoms with E-state index in [-0.39, 0.29) is 11.4 Å². The van der Waals surface area contributed by atoms with Gasteiger partial charge in [-0.15, -0.1) is 0 Å². The number of unbranched alkanes of at least 4 members (excludes halogenated alkanes) is 12. The summed E-state index contributed by atoms with van der Waals surface area (Å²) in [5.74, 6) is 0.0224. The van der Waals surface area contributed by atoms with E-state index in [2.05, 4.69) is 27.7 Å². The third kappa shape index (κ3) is 17.3. The van der Waals surface area contributed by atoms with Gasteiger partial charge in [0.25, 0.3) is 0 Å². The Hall–Kier alpha value is -0.530. The Morgan fingerprint density at radius 3 is 1.56 bits per heavy atom. The van der Waals surface area contributed by atoms with E-state index in [1.54, 1.807) is 0 Å². The Kier molecular flexibility index (Phi) is 18.4. The van der Waals surface area contributed by atoms with E-state index in [9.17, 15) is 4.79 Å². The molecule has 0 aromatic rings. The molecular formula is C25H50O2. The van der Waals surface area contributed by atoms with Crippen molar-refractivity contribution in [2.75, 3.05) is 6.61 Å². The second kappa shape index (κ2) is 18.8. The van der Waals surface area contributed by atoms with Crippen LogP contribution in [0.1, 0.15) is 143 Å². The minimum absolute atomic E-state index is 0.0224. The van der Waals surface area contributed by atoms with Crippen LogP contribution in [0, 0.1) is 5.41 Å². The molecule has 0 aliphatic rings. The summed E-state index contributed by atoms with van der Waals surface area (Å²) >= 11 is 0. The molecule has 162 valence electrons. The van der Waals surface area contributed by atoms with Crippen molar-refractivity contribution in [2.45, 2.75) is 143 Å². The van der Waals surface area contributed by atoms with Gasteiger partial charge in [-0.2, -0.15) is 0 Å². The molecule has 1 unspecified atom stereocenters. The average molecular weight is 383 g/mol. The first kappa shape index (κ1) is 26.5. The van der Waals surface area contributed by atoms with Gasteiger partial charge in [0, 0.05) is 11.8 Å². The molecular weight excluding hydrogens is 332 g/mol. The fourth-order valence-corrected chi connectivity index (χ4v) is 3.78. The lowest BCUT2D eigenvalue weighted by Crippen LogP contribution is -2.25. The van der Waals surface area contributed by atoms with Gasteiger partial charge in [0.15, 0.2) is 0 Å². The van der Waals surface area contributed by atoms with Gasteiger partial charge < -0.3 is 4.74 Å². The third-order valence-corrected chi connectivity index (χ3v) is 5.83. The summed E-state index contributed by atoms with van der Waals surface area (Å²) < 4.78 is 5.73. The van der Waals surface area contributed by atoms with Crippen LogP contribution in [0.3, 0.4) is 0 Å². The van der Waals surface area contributed by atoms with E-state index >= 15 is 0 Å². The molecule has 2 heteroatoms. The number of ether oxygens (including phenoxy) is 1. The van der Waals surface area contributed by atoms with Crippen molar-refractivity contribution in [2.24, 2.45) is 5.41 Å². The largest absolute Gasteiger partial charge is 0.465 e. The van der Waals surface area contributed by atoms with Gasteiger partial charge in [-0.3, -0.25) is 4.79 Å². The molecule has 1 atom stereocenters. The molecule has 2 nitrogen and oxygen atoms in total. The summed E-state index contributed by atoms with van der Waals surface area (Å²) in [4.78, 5) is 12.1. The standard InChI is InChI=1S/C25H50O2/c1-5-8-11-14-16-19-22-25(4,21-18-13-10-7-3)23-27-24(26)20-17-15-12-9-6-2/h5-23H2,1-4H3. The van der Waals surface area contributed by atoms with Gasteiger partial charge >= 0.3 is 5.97 Å². The zero-order valence-corrected chi connectivity index (χ0v) is 19.3. The fourth-order valence-electron chi connectivity index (χ4n) is 3.78. The van der Waals surface area contributed by atoms with Gasteiger partial charge in [0.05, 0.1) is 6.61 Å². The Labute approximate surface area is 171 Å². The number of hydrogen-bond donors (Lipinski definition) is 0. The van der Waals surface area contributed by atoms with E-state index in [1.807, 2.05) is 0 Å². The maximum absolute atomic E-state index is 12.1. The Morgan fingerprint density at radius 2 is 1.04 bits per heavy atom. The smallest absolute Gasteiger partial charge is 0.305 e. The summed E-state index contributed by atoms with van der Waals surface area (Å²) in [5.41, 5.74) is 0.177. The van der Waals surface area contributed by atoms with E-state index < -0.39 is 0 Å². The summed E-state index contributed by atoms with van der Waals surface area (Å²) in [6.07, 6.45) is 22.1. The highest BCUT2D eigenvalue weighted by Gasteiger charge is 2.25. The van der Waals surface area contributed by atoms with Crippen molar-refractivity contribution >= 4 is 5.97 Å². The van der Waals surface area contributed by atoms with Crippen LogP contribution < -0.4 is 0 Å². The fraction of sp³-hybridized carbons (Fsp3) is 0.960. The van der Waals surface area contributed by atoms with E-state index in [1.165, 1.54) is 96.3 Å². The Bertz CT molecular complexity index is 326. The van der Waals surface area contributed by atoms with Gasteiger partial charge in [-0.25, -0.2) is 0 Å². The van der Waals surface area contributed by atoms with Crippen molar-refractivity contribution < 1.29 is 9.53 Å². The van der Waals surface area contributed by atoms with E-state index in [0.29, 0.717) is 13.0 Å². The van der Waals surface area contributed by atoms with Crippen LogP contribution in [0.5, 0.6) is 0 Å². The monoisotopic (exact) mass is 382 g/mol. The molecule has 0 radical (unpaired) electrons. The molecule has 0 aromatic carbocycles. The molecule has 0 aliphatic carbocycles. The maximum atomic E-state index is 12.1. The summed E-state index contributed by atoms with van der Waals surface area (Å²) in [5, 5.41) is 0. The summed E-state index contributed by atoms with van der Waals surface area (Å²) in [6, 6.07) is 0. The van der Waals surface area contributed by atoms with Gasteiger partial charge in [0.2, 0.25) is 0 Å². The maximum Gasteiger partial charge on any atom is 0.305 e. The Balaban J connectivity index is 4.16. The van der Waals surface area contributed by atoms with Crippen LogP contribution in [0.25, 0.3) is 0 Å². The molecule has 0 heterocycles. The van der Waals surface area contributed by atoms with Crippen molar-refractivity contribution in [3.8, 4) is 0 Å². The first-order valence-electron chi connectivity index (χ1n) is 12.2. The van der Waals surface area contributed by atoms with Crippen LogP contribution in [0.15, 0.2) is 0 Å². The third-order valence-electron chi connectivity index (χ3n) is 5.83. The van der Waals surface area contributed by atoms with Crippen LogP contribution in [-0.2, 0) is 9.53 Å². The van der Waals surface area contributed by atoms with Gasteiger partial charge in [-0.1, -0.05) is 118 Å². The lowest BCUT2D eigenvalue weighted by atomic mass is 9.80. The molecule has 0 amide bonds. The normalized spacial score (nSPS) is 13.5. The van der Waals surface area contributed by atoms with Gasteiger partial charge in [0.1, 0.15) is 0 Å². The van der Waals surface area contributed by atoms with Crippen molar-refractivity contribution in [3.05, 3.63) is 0 Å². The highest BCUT2D eigenvalue weighted by molar-refractivity contribution is 5.69. The lowest BCUT2D eigenvalue weighted by molar-refractivity contribution is -0.147. The highest BCUT2D eigenvalue weighted by atomic mass is 16.5. The predicted molar refractivity (Wildman–Crippen MR) is 119 cm³/mol. The zero-order valence-electron chi connectivity index (χ0n) is 19.3. The Morgan fingerprint density at radius 1 is 0.630 bits per heavy atom. The first-order valence-corrected chi connectivity index (χ1v) is 12.2. The quantitative estimate of drug-likeness (QED) is 0.155. The SMILES string of the molecule is CCCCCCCCC(C)(CCCCCC)COC(=O)CCCCCCC. The van der Waals surface area contributed by atoms with E-state index in [4.69, 9.17) is 4.74 Å². The molecule has 0 N–H and O–H groups in total. The number of carbonyl (C=O) groups excluding carboxylic acids is 1. The van der Waals surface area contributed by atoms with Crippen molar-refractivity contribution in [1.82, 2.24) is 0 Å². The molecule has 0 saturated carbocycles. The molecule has 0 rings (SSSR count). The number of hydrogen-bond acceptors (Lipinski definition) is 2. The predicted octanol–water partition coefficient (Wildman–Crippen LogP) is 8.62. The van der Waals surface area contributed by atoms with Gasteiger partial charge in [-0.05, 0) is 19.3 Å². The van der Waals surface area contributed by atoms with Crippen LogP contribution in [0.4, 0.5) is 0 Å². The van der Waals surface area contributed by atoms with Crippen molar-refractivity contribution in [3.63, 3.8) is 0 Å². The summed E-state index contributed by atoms with van der Waals surface area (Å²) in [6.45, 7) is 9.73. The lowest BCUT2D eigenvalue weighted by Gasteiger charge is -2.29. The second-order valence-electron chi connectivity index (χ2n) is 8.96. The molecule has 0 aromatic heterocycles. The summed E-state index contributed by atoms with van der Waals surface area (Å²) in [7, 11) is 0. The molecule has 0 saturated heterocycles. The second-order valence-corrected chi connectivity index (χ2v) is 8.96. The minimum Gasteiger partial charge on any atom is -0.465 e. The molecule has 27 heavy (non-hydrogen) atoms. The molecule has 0 aliphatic heterocycles. The number of carbonyl (C=O) groups is 1. The van der Waals surface area contributed by atoms with Crippen LogP contribution >= 0.6 is 0 Å². The molecule has 0 bridgehead atoms. The average Bonchev–Trinajstić information content (AvgIpc) is 2.66. The van der Waals surface area contributed by atoms with Crippen LogP contribution in [0.2, 0.25) is 0 Å². The minimum atomic E-state index is 0.0224. The van der Waals surface area contributed by atoms with Crippen molar-refractivity contribution in [1.29, 1.82) is 0 Å². The molecule has 0 spiro atoms. The highest BCUT2D eigenvalue weighted by Crippen LogP contribution is 2.32. The van der Waals surface area contributed by atoms with E-state index in [0.717, 1.165) is 12.8 Å². The topological polar surface area (TPSA) is 26.3 Å².